The number of nitrogens with one attached hydrogen (secondary N) is 1. The number of aldehydes is 1. The van der Waals surface area contributed by atoms with E-state index in [1.807, 2.05) is 0 Å². The number of carbonyl (C=O) groups is 3. The van der Waals surface area contributed by atoms with Gasteiger partial charge in [-0.1, -0.05) is 0 Å². The van der Waals surface area contributed by atoms with E-state index in [0.29, 0.717) is 19.1 Å². The molecule has 1 aliphatic rings. The number of carbonyl (C=O) groups excluding carboxylic acids is 3. The van der Waals surface area contributed by atoms with Gasteiger partial charge in [-0.25, -0.2) is 4.79 Å². The SMILES string of the molecule is CNC(=O)N(/C=C\C=O)C1CC[C@@H](C(C)=O)O1. The summed E-state index contributed by atoms with van der Waals surface area (Å²) in [6.07, 6.45) is 3.33. The predicted octanol–water partition coefficient (Wildman–Crippen LogP) is 0.434. The summed E-state index contributed by atoms with van der Waals surface area (Å²) in [5.41, 5.74) is 0. The molecule has 1 unspecified atom stereocenters. The Kier molecular flexibility index (Phi) is 4.84. The molecular formula is C11H16N2O4. The molecule has 17 heavy (non-hydrogen) atoms. The summed E-state index contributed by atoms with van der Waals surface area (Å²) in [4.78, 5) is 34.3. The summed E-state index contributed by atoms with van der Waals surface area (Å²) < 4.78 is 5.45. The third-order valence-electron chi connectivity index (χ3n) is 2.53. The zero-order valence-electron chi connectivity index (χ0n) is 9.88. The second-order valence-electron chi connectivity index (χ2n) is 3.71. The lowest BCUT2D eigenvalue weighted by molar-refractivity contribution is -0.130. The van der Waals surface area contributed by atoms with Gasteiger partial charge in [-0.2, -0.15) is 0 Å². The van der Waals surface area contributed by atoms with Gasteiger partial charge >= 0.3 is 6.03 Å². The molecule has 1 fully saturated rings. The second-order valence-corrected chi connectivity index (χ2v) is 3.71. The number of ether oxygens (including phenoxy) is 1. The largest absolute Gasteiger partial charge is 0.347 e. The van der Waals surface area contributed by atoms with E-state index in [4.69, 9.17) is 4.74 Å². The standard InChI is InChI=1S/C11H16N2O4/c1-8(15)9-4-5-10(17-9)13(6-3-7-14)11(16)12-2/h3,6-7,9-10H,4-5H2,1-2H3,(H,12,16)/b6-3-/t9-,10?/m0/s1. The Morgan fingerprint density at radius 1 is 1.41 bits per heavy atom. The number of allylic oxidation sites excluding steroid dienone is 1. The van der Waals surface area contributed by atoms with E-state index in [1.54, 1.807) is 0 Å². The molecule has 0 radical (unpaired) electrons. The molecule has 0 bridgehead atoms. The van der Waals surface area contributed by atoms with Crippen molar-refractivity contribution >= 4 is 18.1 Å². The van der Waals surface area contributed by atoms with Crippen molar-refractivity contribution < 1.29 is 19.1 Å². The number of hydrogen-bond acceptors (Lipinski definition) is 4. The summed E-state index contributed by atoms with van der Waals surface area (Å²) in [6.45, 7) is 1.46. The van der Waals surface area contributed by atoms with Gasteiger partial charge in [0, 0.05) is 13.2 Å². The van der Waals surface area contributed by atoms with Gasteiger partial charge < -0.3 is 10.1 Å². The lowest BCUT2D eigenvalue weighted by atomic mass is 10.2. The van der Waals surface area contributed by atoms with Gasteiger partial charge in [-0.3, -0.25) is 14.5 Å². The Morgan fingerprint density at radius 2 is 2.12 bits per heavy atom. The van der Waals surface area contributed by atoms with Crippen molar-refractivity contribution in [3.8, 4) is 0 Å². The average Bonchev–Trinajstić information content (AvgIpc) is 2.78. The molecule has 0 spiro atoms. The van der Waals surface area contributed by atoms with Gasteiger partial charge in [0.25, 0.3) is 0 Å². The molecule has 1 heterocycles. The summed E-state index contributed by atoms with van der Waals surface area (Å²) in [6, 6.07) is -0.377. The van der Waals surface area contributed by atoms with Crippen LogP contribution in [0.25, 0.3) is 0 Å². The normalized spacial score (nSPS) is 23.6. The lowest BCUT2D eigenvalue weighted by Gasteiger charge is -2.24. The molecule has 6 heteroatoms. The fourth-order valence-electron chi connectivity index (χ4n) is 1.67. The summed E-state index contributed by atoms with van der Waals surface area (Å²) in [5.74, 6) is -0.0521. The molecular weight excluding hydrogens is 224 g/mol. The van der Waals surface area contributed by atoms with Crippen molar-refractivity contribution in [3.63, 3.8) is 0 Å². The van der Waals surface area contributed by atoms with E-state index in [9.17, 15) is 14.4 Å². The zero-order valence-corrected chi connectivity index (χ0v) is 9.88. The van der Waals surface area contributed by atoms with Gasteiger partial charge in [-0.15, -0.1) is 0 Å². The topological polar surface area (TPSA) is 75.7 Å². The highest BCUT2D eigenvalue weighted by atomic mass is 16.5. The Labute approximate surface area is 99.6 Å². The summed E-state index contributed by atoms with van der Waals surface area (Å²) in [7, 11) is 1.49. The number of amides is 2. The minimum Gasteiger partial charge on any atom is -0.347 e. The van der Waals surface area contributed by atoms with Crippen LogP contribution in [0.4, 0.5) is 4.79 Å². The molecule has 1 N–H and O–H groups in total. The first-order valence-electron chi connectivity index (χ1n) is 5.38. The van der Waals surface area contributed by atoms with E-state index in [1.165, 1.54) is 31.1 Å². The monoisotopic (exact) mass is 240 g/mol. The van der Waals surface area contributed by atoms with E-state index in [-0.39, 0.29) is 11.8 Å². The van der Waals surface area contributed by atoms with E-state index < -0.39 is 12.3 Å². The van der Waals surface area contributed by atoms with Crippen molar-refractivity contribution in [2.75, 3.05) is 7.05 Å². The number of rotatable bonds is 4. The van der Waals surface area contributed by atoms with E-state index in [0.717, 1.165) is 0 Å². The van der Waals surface area contributed by atoms with Gasteiger partial charge in [0.15, 0.2) is 5.78 Å². The Balaban J connectivity index is 2.72. The van der Waals surface area contributed by atoms with Gasteiger partial charge in [-0.05, 0) is 25.8 Å². The van der Waals surface area contributed by atoms with Crippen molar-refractivity contribution in [2.24, 2.45) is 0 Å². The molecule has 0 aromatic heterocycles. The molecule has 1 rings (SSSR count). The fraction of sp³-hybridized carbons (Fsp3) is 0.545. The number of urea groups is 1. The molecule has 0 aliphatic carbocycles. The smallest absolute Gasteiger partial charge is 0.323 e. The number of hydrogen-bond donors (Lipinski definition) is 1. The van der Waals surface area contributed by atoms with Gasteiger partial charge in [0.05, 0.1) is 0 Å². The van der Waals surface area contributed by atoms with Crippen LogP contribution in [0.5, 0.6) is 0 Å². The zero-order chi connectivity index (χ0) is 12.8. The Bertz CT molecular complexity index is 340. The van der Waals surface area contributed by atoms with Crippen molar-refractivity contribution in [3.05, 3.63) is 12.3 Å². The highest BCUT2D eigenvalue weighted by Gasteiger charge is 2.33. The first-order chi connectivity index (χ1) is 8.10. The minimum atomic E-state index is -0.500. The van der Waals surface area contributed by atoms with Crippen molar-refractivity contribution in [1.82, 2.24) is 10.2 Å². The molecule has 6 nitrogen and oxygen atoms in total. The first kappa shape index (κ1) is 13.4. The van der Waals surface area contributed by atoms with Crippen molar-refractivity contribution in [1.29, 1.82) is 0 Å². The van der Waals surface area contributed by atoms with Gasteiger partial charge in [0.2, 0.25) is 0 Å². The molecule has 1 saturated heterocycles. The molecule has 94 valence electrons. The van der Waals surface area contributed by atoms with Crippen LogP contribution < -0.4 is 5.32 Å². The number of nitrogens with zero attached hydrogens (tertiary/aromatic N) is 1. The Morgan fingerprint density at radius 3 is 2.59 bits per heavy atom. The first-order valence-corrected chi connectivity index (χ1v) is 5.38. The van der Waals surface area contributed by atoms with Crippen LogP contribution in [0.1, 0.15) is 19.8 Å². The summed E-state index contributed by atoms with van der Waals surface area (Å²) in [5, 5.41) is 2.45. The van der Waals surface area contributed by atoms with E-state index in [2.05, 4.69) is 5.32 Å². The second kappa shape index (κ2) is 6.15. The highest BCUT2D eigenvalue weighted by Crippen LogP contribution is 2.23. The van der Waals surface area contributed by atoms with Gasteiger partial charge in [0.1, 0.15) is 18.6 Å². The maximum absolute atomic E-state index is 11.6. The third-order valence-corrected chi connectivity index (χ3v) is 2.53. The molecule has 1 aliphatic heterocycles. The van der Waals surface area contributed by atoms with Crippen LogP contribution in [-0.2, 0) is 14.3 Å². The maximum Gasteiger partial charge on any atom is 0.323 e. The number of ketones is 1. The molecule has 0 aromatic rings. The molecule has 2 atom stereocenters. The lowest BCUT2D eigenvalue weighted by Crippen LogP contribution is -2.41. The fourth-order valence-corrected chi connectivity index (χ4v) is 1.67. The highest BCUT2D eigenvalue weighted by molar-refractivity contribution is 5.81. The van der Waals surface area contributed by atoms with Crippen LogP contribution in [0.15, 0.2) is 12.3 Å². The van der Waals surface area contributed by atoms with Crippen molar-refractivity contribution in [2.45, 2.75) is 32.1 Å². The quantitative estimate of drug-likeness (QED) is 0.571. The third kappa shape index (κ3) is 3.39. The van der Waals surface area contributed by atoms with E-state index >= 15 is 0 Å². The molecule has 0 aromatic carbocycles. The van der Waals surface area contributed by atoms with Crippen LogP contribution >= 0.6 is 0 Å². The molecule has 2 amide bonds. The van der Waals surface area contributed by atoms with Crippen LogP contribution in [0.2, 0.25) is 0 Å². The van der Waals surface area contributed by atoms with Crippen LogP contribution in [-0.4, -0.2) is 42.4 Å². The predicted molar refractivity (Wildman–Crippen MR) is 60.1 cm³/mol. The van der Waals surface area contributed by atoms with Crippen LogP contribution in [0, 0.1) is 0 Å². The van der Waals surface area contributed by atoms with Crippen LogP contribution in [0.3, 0.4) is 0 Å². The minimum absolute atomic E-state index is 0.0521. The number of Topliss-reactive ketones (excluding diaryl/α,β-unsaturated/α-hetero) is 1. The summed E-state index contributed by atoms with van der Waals surface area (Å²) >= 11 is 0. The molecule has 0 saturated carbocycles. The Hall–Kier alpha value is -1.69. The average molecular weight is 240 g/mol. The maximum atomic E-state index is 11.6.